The Morgan fingerprint density at radius 2 is 2.33 bits per heavy atom. The molecule has 1 aromatic rings. The molecule has 0 radical (unpaired) electrons. The second kappa shape index (κ2) is 5.92. The van der Waals surface area contributed by atoms with Crippen molar-refractivity contribution in [2.75, 3.05) is 36.9 Å². The molecule has 7 heteroatoms. The summed E-state index contributed by atoms with van der Waals surface area (Å²) in [5.74, 6) is -0.480. The highest BCUT2D eigenvalue weighted by atomic mass is 32.1. The molecule has 2 rings (SSSR count). The minimum Gasteiger partial charge on any atom is -0.462 e. The van der Waals surface area contributed by atoms with Crippen LogP contribution in [0.25, 0.3) is 0 Å². The number of nitrogens with two attached hydrogens (primary N) is 1. The van der Waals surface area contributed by atoms with Gasteiger partial charge in [-0.2, -0.15) is 5.26 Å². The van der Waals surface area contributed by atoms with Gasteiger partial charge in [0.25, 0.3) is 0 Å². The summed E-state index contributed by atoms with van der Waals surface area (Å²) >= 11 is 1.23. The molecule has 114 valence electrons. The lowest BCUT2D eigenvalue weighted by Gasteiger charge is -2.39. The zero-order chi connectivity index (χ0) is 15.6. The van der Waals surface area contributed by atoms with Crippen LogP contribution in [-0.4, -0.2) is 37.9 Å². The van der Waals surface area contributed by atoms with Gasteiger partial charge in [-0.3, -0.25) is 0 Å². The third-order valence-corrected chi connectivity index (χ3v) is 4.39. The smallest absolute Gasteiger partial charge is 0.343 e. The highest BCUT2D eigenvalue weighted by Gasteiger charge is 2.33. The molecule has 1 fully saturated rings. The van der Waals surface area contributed by atoms with Crippen LogP contribution in [0.2, 0.25) is 0 Å². The molecule has 1 aliphatic heterocycles. The molecule has 0 atom stereocenters. The van der Waals surface area contributed by atoms with Crippen LogP contribution in [0.3, 0.4) is 0 Å². The third-order valence-electron chi connectivity index (χ3n) is 3.22. The summed E-state index contributed by atoms with van der Waals surface area (Å²) in [6, 6.07) is 2.04. The Hall–Kier alpha value is -1.78. The average Bonchev–Trinajstić information content (AvgIpc) is 2.75. The van der Waals surface area contributed by atoms with Crippen molar-refractivity contribution in [2.45, 2.75) is 26.4 Å². The zero-order valence-corrected chi connectivity index (χ0v) is 13.2. The summed E-state index contributed by atoms with van der Waals surface area (Å²) < 4.78 is 10.7. The van der Waals surface area contributed by atoms with E-state index in [0.717, 1.165) is 0 Å². The van der Waals surface area contributed by atoms with E-state index in [1.54, 1.807) is 6.92 Å². The lowest BCUT2D eigenvalue weighted by molar-refractivity contribution is -0.0275. The molecule has 0 unspecified atom stereocenters. The fourth-order valence-corrected chi connectivity index (χ4v) is 3.36. The van der Waals surface area contributed by atoms with Gasteiger partial charge in [0.2, 0.25) is 0 Å². The number of rotatable bonds is 3. The molecule has 21 heavy (non-hydrogen) atoms. The number of nitriles is 1. The molecule has 2 N–H and O–H groups in total. The predicted octanol–water partition coefficient (Wildman–Crippen LogP) is 1.99. The van der Waals surface area contributed by atoms with E-state index in [4.69, 9.17) is 20.5 Å². The molecule has 1 saturated heterocycles. The Morgan fingerprint density at radius 3 is 2.90 bits per heavy atom. The van der Waals surface area contributed by atoms with Crippen molar-refractivity contribution in [3.63, 3.8) is 0 Å². The number of ether oxygens (including phenoxy) is 2. The summed E-state index contributed by atoms with van der Waals surface area (Å²) in [5.41, 5.74) is 6.15. The maximum atomic E-state index is 12.2. The maximum Gasteiger partial charge on any atom is 0.343 e. The summed E-state index contributed by atoms with van der Waals surface area (Å²) in [6.45, 7) is 7.84. The number of nitrogen functional groups attached to an aromatic ring is 1. The van der Waals surface area contributed by atoms with Gasteiger partial charge < -0.3 is 20.1 Å². The van der Waals surface area contributed by atoms with Gasteiger partial charge in [0.05, 0.1) is 24.5 Å². The lowest BCUT2D eigenvalue weighted by atomic mass is 10.1. The van der Waals surface area contributed by atoms with Gasteiger partial charge >= 0.3 is 5.97 Å². The molecule has 0 aromatic carbocycles. The van der Waals surface area contributed by atoms with Crippen molar-refractivity contribution in [3.05, 3.63) is 10.4 Å². The zero-order valence-electron chi connectivity index (χ0n) is 12.4. The first-order chi connectivity index (χ1) is 9.89. The van der Waals surface area contributed by atoms with Crippen LogP contribution in [0.5, 0.6) is 0 Å². The van der Waals surface area contributed by atoms with Gasteiger partial charge in [0, 0.05) is 13.1 Å². The summed E-state index contributed by atoms with van der Waals surface area (Å²) in [4.78, 5) is 14.5. The summed E-state index contributed by atoms with van der Waals surface area (Å²) in [5, 5.41) is 9.85. The number of esters is 1. The average molecular weight is 309 g/mol. The molecule has 1 aliphatic rings. The normalized spacial score (nSPS) is 17.3. The molecule has 0 bridgehead atoms. The Labute approximate surface area is 128 Å². The van der Waals surface area contributed by atoms with Crippen molar-refractivity contribution < 1.29 is 14.3 Å². The van der Waals surface area contributed by atoms with Gasteiger partial charge in [-0.05, 0) is 20.8 Å². The van der Waals surface area contributed by atoms with Crippen molar-refractivity contribution in [2.24, 2.45) is 0 Å². The standard InChI is InChI=1S/C14H19N3O3S/c1-4-19-13(18)10-11(16)9(7-15)21-12(10)17-5-6-20-14(2,3)8-17/h4-6,8,16H2,1-3H3. The van der Waals surface area contributed by atoms with Crippen molar-refractivity contribution in [1.82, 2.24) is 0 Å². The highest BCUT2D eigenvalue weighted by molar-refractivity contribution is 7.17. The van der Waals surface area contributed by atoms with Crippen molar-refractivity contribution in [1.29, 1.82) is 5.26 Å². The van der Waals surface area contributed by atoms with E-state index in [9.17, 15) is 4.79 Å². The topological polar surface area (TPSA) is 88.6 Å². The number of nitrogens with zero attached hydrogens (tertiary/aromatic N) is 2. The Kier molecular flexibility index (Phi) is 4.40. The van der Waals surface area contributed by atoms with Gasteiger partial charge in [-0.15, -0.1) is 11.3 Å². The lowest BCUT2D eigenvalue weighted by Crippen LogP contribution is -2.48. The second-order valence-electron chi connectivity index (χ2n) is 5.39. The van der Waals surface area contributed by atoms with E-state index >= 15 is 0 Å². The molecule has 2 heterocycles. The maximum absolute atomic E-state index is 12.2. The van der Waals surface area contributed by atoms with E-state index in [2.05, 4.69) is 0 Å². The van der Waals surface area contributed by atoms with Gasteiger partial charge in [0.15, 0.2) is 0 Å². The second-order valence-corrected chi connectivity index (χ2v) is 6.39. The number of hydrogen-bond acceptors (Lipinski definition) is 7. The molecule has 6 nitrogen and oxygen atoms in total. The largest absolute Gasteiger partial charge is 0.462 e. The van der Waals surface area contributed by atoms with Gasteiger partial charge in [0.1, 0.15) is 21.5 Å². The SMILES string of the molecule is CCOC(=O)c1c(N2CCOC(C)(C)C2)sc(C#N)c1N. The predicted molar refractivity (Wildman–Crippen MR) is 81.6 cm³/mol. The number of carbonyl (C=O) groups is 1. The molecule has 0 amide bonds. The molecule has 1 aromatic heterocycles. The van der Waals surface area contributed by atoms with Crippen LogP contribution in [0, 0.1) is 11.3 Å². The fourth-order valence-electron chi connectivity index (χ4n) is 2.33. The number of anilines is 2. The van der Waals surface area contributed by atoms with Crippen molar-refractivity contribution in [3.8, 4) is 6.07 Å². The van der Waals surface area contributed by atoms with Crippen LogP contribution in [-0.2, 0) is 9.47 Å². The first-order valence-corrected chi connectivity index (χ1v) is 7.59. The number of hydrogen-bond donors (Lipinski definition) is 1. The van der Waals surface area contributed by atoms with E-state index in [0.29, 0.717) is 35.1 Å². The van der Waals surface area contributed by atoms with Gasteiger partial charge in [-0.1, -0.05) is 0 Å². The first kappa shape index (κ1) is 15.6. The van der Waals surface area contributed by atoms with Crippen molar-refractivity contribution >= 4 is 28.0 Å². The van der Waals surface area contributed by atoms with Gasteiger partial charge in [-0.25, -0.2) is 4.79 Å². The number of morpholine rings is 1. The molecular formula is C14H19N3O3S. The summed E-state index contributed by atoms with van der Waals surface area (Å²) in [6.07, 6.45) is 0. The van der Waals surface area contributed by atoms with E-state index in [1.807, 2.05) is 24.8 Å². The van der Waals surface area contributed by atoms with Crippen LogP contribution in [0.4, 0.5) is 10.7 Å². The van der Waals surface area contributed by atoms with E-state index in [1.165, 1.54) is 11.3 Å². The molecule has 0 spiro atoms. The minimum absolute atomic E-state index is 0.209. The Balaban J connectivity index is 2.43. The fraction of sp³-hybridized carbons (Fsp3) is 0.571. The Bertz CT molecular complexity index is 589. The molecule has 0 aliphatic carbocycles. The van der Waals surface area contributed by atoms with Crippen LogP contribution < -0.4 is 10.6 Å². The number of thiophene rings is 1. The first-order valence-electron chi connectivity index (χ1n) is 6.78. The number of carbonyl (C=O) groups excluding carboxylic acids is 1. The van der Waals surface area contributed by atoms with Crippen LogP contribution >= 0.6 is 11.3 Å². The Morgan fingerprint density at radius 1 is 1.62 bits per heavy atom. The van der Waals surface area contributed by atoms with Crippen LogP contribution in [0.15, 0.2) is 0 Å². The van der Waals surface area contributed by atoms with E-state index in [-0.39, 0.29) is 17.9 Å². The molecular weight excluding hydrogens is 290 g/mol. The third kappa shape index (κ3) is 3.12. The highest BCUT2D eigenvalue weighted by Crippen LogP contribution is 2.39. The van der Waals surface area contributed by atoms with Crippen LogP contribution in [0.1, 0.15) is 36.0 Å². The monoisotopic (exact) mass is 309 g/mol. The minimum atomic E-state index is -0.480. The quantitative estimate of drug-likeness (QED) is 0.859. The molecule has 0 saturated carbocycles. The van der Waals surface area contributed by atoms with E-state index < -0.39 is 5.97 Å². The summed E-state index contributed by atoms with van der Waals surface area (Å²) in [7, 11) is 0.